The fourth-order valence-electron chi connectivity index (χ4n) is 2.70. The number of nitrogens with one attached hydrogen (secondary N) is 1. The topological polar surface area (TPSA) is 43.4 Å². The SMILES string of the molecule is COc1ccc2c(c1)C(N[C@@H](C)c1cccnc1)CCO2. The van der Waals surface area contributed by atoms with E-state index >= 15 is 0 Å². The molecule has 1 aromatic heterocycles. The van der Waals surface area contributed by atoms with Gasteiger partial charge in [0.15, 0.2) is 0 Å². The van der Waals surface area contributed by atoms with Crippen LogP contribution in [0.4, 0.5) is 0 Å². The van der Waals surface area contributed by atoms with E-state index in [0.717, 1.165) is 30.1 Å². The summed E-state index contributed by atoms with van der Waals surface area (Å²) in [5.41, 5.74) is 2.35. The van der Waals surface area contributed by atoms with Crippen LogP contribution in [0, 0.1) is 0 Å². The molecule has 0 aliphatic carbocycles. The minimum atomic E-state index is 0.237. The van der Waals surface area contributed by atoms with Crippen LogP contribution < -0.4 is 14.8 Å². The van der Waals surface area contributed by atoms with Crippen LogP contribution in [0.5, 0.6) is 11.5 Å². The highest BCUT2D eigenvalue weighted by molar-refractivity contribution is 5.43. The first-order chi connectivity index (χ1) is 10.3. The van der Waals surface area contributed by atoms with Gasteiger partial charge in [-0.15, -0.1) is 0 Å². The first-order valence-electron chi connectivity index (χ1n) is 7.24. The summed E-state index contributed by atoms with van der Waals surface area (Å²) in [6, 6.07) is 10.5. The van der Waals surface area contributed by atoms with Gasteiger partial charge in [0.05, 0.1) is 13.7 Å². The summed E-state index contributed by atoms with van der Waals surface area (Å²) in [6.07, 6.45) is 4.65. The third-order valence-corrected chi connectivity index (χ3v) is 3.89. The average Bonchev–Trinajstić information content (AvgIpc) is 2.55. The number of ether oxygens (including phenoxy) is 2. The minimum Gasteiger partial charge on any atom is -0.497 e. The van der Waals surface area contributed by atoms with Gasteiger partial charge in [0, 0.05) is 36.5 Å². The van der Waals surface area contributed by atoms with Crippen LogP contribution in [-0.2, 0) is 0 Å². The normalized spacial score (nSPS) is 18.5. The van der Waals surface area contributed by atoms with Gasteiger partial charge in [-0.1, -0.05) is 6.07 Å². The molecule has 2 aromatic rings. The van der Waals surface area contributed by atoms with Gasteiger partial charge in [-0.2, -0.15) is 0 Å². The number of fused-ring (bicyclic) bond motifs is 1. The van der Waals surface area contributed by atoms with Crippen LogP contribution in [0.15, 0.2) is 42.7 Å². The van der Waals surface area contributed by atoms with E-state index in [2.05, 4.69) is 29.4 Å². The molecule has 4 heteroatoms. The fourth-order valence-corrected chi connectivity index (χ4v) is 2.70. The van der Waals surface area contributed by atoms with Crippen molar-refractivity contribution in [2.75, 3.05) is 13.7 Å². The number of rotatable bonds is 4. The van der Waals surface area contributed by atoms with Gasteiger partial charge in [0.2, 0.25) is 0 Å². The first kappa shape index (κ1) is 13.9. The lowest BCUT2D eigenvalue weighted by Gasteiger charge is -2.29. The average molecular weight is 284 g/mol. The molecule has 0 spiro atoms. The second-order valence-corrected chi connectivity index (χ2v) is 5.27. The number of nitrogens with zero attached hydrogens (tertiary/aromatic N) is 1. The number of hydrogen-bond donors (Lipinski definition) is 1. The Balaban J connectivity index is 1.81. The zero-order valence-corrected chi connectivity index (χ0v) is 12.4. The Morgan fingerprint density at radius 2 is 2.29 bits per heavy atom. The van der Waals surface area contributed by atoms with E-state index in [9.17, 15) is 0 Å². The Kier molecular flexibility index (Phi) is 4.06. The minimum absolute atomic E-state index is 0.237. The standard InChI is InChI=1S/C17H20N2O2/c1-12(13-4-3-8-18-11-13)19-16-7-9-21-17-6-5-14(20-2)10-15(16)17/h3-6,8,10-12,16,19H,7,9H2,1-2H3/t12-,16?/m0/s1. The summed E-state index contributed by atoms with van der Waals surface area (Å²) in [7, 11) is 1.69. The summed E-state index contributed by atoms with van der Waals surface area (Å²) in [6.45, 7) is 2.89. The largest absolute Gasteiger partial charge is 0.497 e. The van der Waals surface area contributed by atoms with E-state index in [0.29, 0.717) is 0 Å². The summed E-state index contributed by atoms with van der Waals surface area (Å²) in [5.74, 6) is 1.80. The lowest BCUT2D eigenvalue weighted by molar-refractivity contribution is 0.245. The zero-order valence-electron chi connectivity index (χ0n) is 12.4. The molecule has 2 atom stereocenters. The maximum atomic E-state index is 5.73. The maximum absolute atomic E-state index is 5.73. The van der Waals surface area contributed by atoms with Crippen molar-refractivity contribution in [3.63, 3.8) is 0 Å². The molecule has 1 N–H and O–H groups in total. The molecule has 110 valence electrons. The molecule has 2 heterocycles. The second-order valence-electron chi connectivity index (χ2n) is 5.27. The highest BCUT2D eigenvalue weighted by atomic mass is 16.5. The van der Waals surface area contributed by atoms with Crippen LogP contribution >= 0.6 is 0 Å². The summed E-state index contributed by atoms with van der Waals surface area (Å²) < 4.78 is 11.1. The van der Waals surface area contributed by atoms with E-state index in [1.807, 2.05) is 24.4 Å². The van der Waals surface area contributed by atoms with Crippen molar-refractivity contribution in [1.29, 1.82) is 0 Å². The molecule has 0 fully saturated rings. The van der Waals surface area contributed by atoms with Crippen molar-refractivity contribution in [3.05, 3.63) is 53.9 Å². The summed E-state index contributed by atoms with van der Waals surface area (Å²) in [5, 5.41) is 3.67. The third kappa shape index (κ3) is 3.00. The maximum Gasteiger partial charge on any atom is 0.124 e. The van der Waals surface area contributed by atoms with E-state index in [4.69, 9.17) is 9.47 Å². The van der Waals surface area contributed by atoms with Gasteiger partial charge >= 0.3 is 0 Å². The Morgan fingerprint density at radius 1 is 1.38 bits per heavy atom. The van der Waals surface area contributed by atoms with E-state index in [1.54, 1.807) is 13.3 Å². The van der Waals surface area contributed by atoms with Gasteiger partial charge in [0.25, 0.3) is 0 Å². The third-order valence-electron chi connectivity index (χ3n) is 3.89. The van der Waals surface area contributed by atoms with Gasteiger partial charge in [-0.3, -0.25) is 4.98 Å². The molecule has 1 unspecified atom stereocenters. The molecular weight excluding hydrogens is 264 g/mol. The van der Waals surface area contributed by atoms with Gasteiger partial charge in [-0.25, -0.2) is 0 Å². The van der Waals surface area contributed by atoms with Crippen molar-refractivity contribution in [1.82, 2.24) is 10.3 Å². The monoisotopic (exact) mass is 284 g/mol. The second kappa shape index (κ2) is 6.14. The van der Waals surface area contributed by atoms with Gasteiger partial charge in [0.1, 0.15) is 11.5 Å². The molecule has 0 bridgehead atoms. The highest BCUT2D eigenvalue weighted by Crippen LogP contribution is 2.36. The van der Waals surface area contributed by atoms with E-state index < -0.39 is 0 Å². The Morgan fingerprint density at radius 3 is 3.05 bits per heavy atom. The molecule has 1 aliphatic heterocycles. The first-order valence-corrected chi connectivity index (χ1v) is 7.24. The Bertz CT molecular complexity index is 601. The van der Waals surface area contributed by atoms with Crippen LogP contribution in [0.1, 0.15) is 36.6 Å². The molecule has 21 heavy (non-hydrogen) atoms. The lowest BCUT2D eigenvalue weighted by Crippen LogP contribution is -2.29. The molecule has 1 aliphatic rings. The molecule has 0 radical (unpaired) electrons. The van der Waals surface area contributed by atoms with E-state index in [-0.39, 0.29) is 12.1 Å². The van der Waals surface area contributed by atoms with Crippen LogP contribution in [0.25, 0.3) is 0 Å². The van der Waals surface area contributed by atoms with Gasteiger partial charge < -0.3 is 14.8 Å². The van der Waals surface area contributed by atoms with Gasteiger partial charge in [-0.05, 0) is 36.8 Å². The fraction of sp³-hybridized carbons (Fsp3) is 0.353. The number of benzene rings is 1. The summed E-state index contributed by atoms with van der Waals surface area (Å²) >= 11 is 0. The molecule has 1 aromatic carbocycles. The number of methoxy groups -OCH3 is 1. The van der Waals surface area contributed by atoms with Crippen LogP contribution in [0.3, 0.4) is 0 Å². The van der Waals surface area contributed by atoms with Crippen molar-refractivity contribution in [3.8, 4) is 11.5 Å². The van der Waals surface area contributed by atoms with Crippen molar-refractivity contribution in [2.45, 2.75) is 25.4 Å². The number of pyridine rings is 1. The number of aromatic nitrogens is 1. The Labute approximate surface area is 125 Å². The Hall–Kier alpha value is -2.07. The smallest absolute Gasteiger partial charge is 0.124 e. The highest BCUT2D eigenvalue weighted by Gasteiger charge is 2.23. The summed E-state index contributed by atoms with van der Waals surface area (Å²) in [4.78, 5) is 4.19. The van der Waals surface area contributed by atoms with E-state index in [1.165, 1.54) is 5.56 Å². The van der Waals surface area contributed by atoms with Crippen molar-refractivity contribution < 1.29 is 9.47 Å². The molecular formula is C17H20N2O2. The lowest BCUT2D eigenvalue weighted by atomic mass is 9.98. The molecule has 3 rings (SSSR count). The number of hydrogen-bond acceptors (Lipinski definition) is 4. The predicted octanol–water partition coefficient (Wildman–Crippen LogP) is 3.26. The predicted molar refractivity (Wildman–Crippen MR) is 81.6 cm³/mol. The zero-order chi connectivity index (χ0) is 14.7. The van der Waals surface area contributed by atoms with Crippen LogP contribution in [-0.4, -0.2) is 18.7 Å². The molecule has 0 amide bonds. The molecule has 0 saturated heterocycles. The molecule has 4 nitrogen and oxygen atoms in total. The van der Waals surface area contributed by atoms with Crippen molar-refractivity contribution >= 4 is 0 Å². The van der Waals surface area contributed by atoms with Crippen LogP contribution in [0.2, 0.25) is 0 Å². The van der Waals surface area contributed by atoms with Crippen molar-refractivity contribution in [2.24, 2.45) is 0 Å². The quantitative estimate of drug-likeness (QED) is 0.936. The molecule has 0 saturated carbocycles.